The Bertz CT molecular complexity index is 359. The highest BCUT2D eigenvalue weighted by molar-refractivity contribution is 7.80. The molecule has 1 heterocycles. The second-order valence-corrected chi connectivity index (χ2v) is 4.66. The number of aromatic nitrogens is 4. The first kappa shape index (κ1) is 15.0. The van der Waals surface area contributed by atoms with Crippen molar-refractivity contribution in [1.82, 2.24) is 25.1 Å². The van der Waals surface area contributed by atoms with Gasteiger partial charge >= 0.3 is 0 Å². The third kappa shape index (κ3) is 4.33. The smallest absolute Gasteiger partial charge is 0.151 e. The van der Waals surface area contributed by atoms with E-state index >= 15 is 0 Å². The lowest BCUT2D eigenvalue weighted by Gasteiger charge is -2.21. The number of rotatable bonds is 8. The molecule has 0 fully saturated rings. The Morgan fingerprint density at radius 1 is 1.22 bits per heavy atom. The summed E-state index contributed by atoms with van der Waals surface area (Å²) >= 11 is 5.42. The minimum atomic E-state index is 0.834. The van der Waals surface area contributed by atoms with Crippen LogP contribution < -0.4 is 0 Å². The number of hydrogen-bond acceptors (Lipinski definition) is 4. The number of nitrogens with zero attached hydrogens (tertiary/aromatic N) is 5. The van der Waals surface area contributed by atoms with E-state index in [0.29, 0.717) is 0 Å². The molecule has 0 bridgehead atoms. The zero-order valence-corrected chi connectivity index (χ0v) is 12.4. The van der Waals surface area contributed by atoms with E-state index in [1.54, 1.807) is 0 Å². The number of tetrazole rings is 1. The average Bonchev–Trinajstić information content (AvgIpc) is 2.83. The lowest BCUT2D eigenvalue weighted by molar-refractivity contribution is 0.461. The summed E-state index contributed by atoms with van der Waals surface area (Å²) in [6.45, 7) is 9.18. The van der Waals surface area contributed by atoms with Gasteiger partial charge in [0, 0.05) is 26.1 Å². The number of hydrogen-bond donors (Lipinski definition) is 0. The summed E-state index contributed by atoms with van der Waals surface area (Å²) in [5.74, 6) is 0.978. The fourth-order valence-electron chi connectivity index (χ4n) is 1.94. The van der Waals surface area contributed by atoms with Crippen LogP contribution in [0.25, 0.3) is 0 Å². The van der Waals surface area contributed by atoms with Crippen LogP contribution in [0.15, 0.2) is 0 Å². The zero-order valence-electron chi connectivity index (χ0n) is 11.6. The minimum Gasteiger partial charge on any atom is -0.367 e. The van der Waals surface area contributed by atoms with Gasteiger partial charge in [0.15, 0.2) is 5.82 Å². The summed E-state index contributed by atoms with van der Waals surface area (Å²) in [5.41, 5.74) is 0. The maximum atomic E-state index is 5.42. The number of unbranched alkanes of at least 4 members (excludes halogenated alkanes) is 1. The molecule has 0 amide bonds. The molecule has 18 heavy (non-hydrogen) atoms. The van der Waals surface area contributed by atoms with Crippen LogP contribution in [0.5, 0.6) is 0 Å². The first-order valence-electron chi connectivity index (χ1n) is 6.75. The highest BCUT2D eigenvalue weighted by Crippen LogP contribution is 2.06. The molecule has 0 spiro atoms. The monoisotopic (exact) mass is 269 g/mol. The van der Waals surface area contributed by atoms with Gasteiger partial charge in [-0.1, -0.05) is 12.2 Å². The van der Waals surface area contributed by atoms with E-state index in [0.717, 1.165) is 56.1 Å². The highest BCUT2D eigenvalue weighted by Gasteiger charge is 2.06. The second kappa shape index (κ2) is 8.13. The first-order chi connectivity index (χ1) is 8.72. The van der Waals surface area contributed by atoms with Crippen LogP contribution >= 0.6 is 12.2 Å². The van der Waals surface area contributed by atoms with Crippen molar-refractivity contribution in [2.24, 2.45) is 0 Å². The normalized spacial score (nSPS) is 10.6. The topological polar surface area (TPSA) is 46.8 Å². The van der Waals surface area contributed by atoms with Gasteiger partial charge in [0.2, 0.25) is 0 Å². The average molecular weight is 269 g/mol. The van der Waals surface area contributed by atoms with E-state index in [1.165, 1.54) is 0 Å². The molecule has 0 unspecified atom stereocenters. The first-order valence-corrected chi connectivity index (χ1v) is 7.16. The predicted molar refractivity (Wildman–Crippen MR) is 76.6 cm³/mol. The molecule has 1 aromatic rings. The predicted octanol–water partition coefficient (Wildman–Crippen LogP) is 2.08. The molecule has 102 valence electrons. The van der Waals surface area contributed by atoms with Gasteiger partial charge in [0.25, 0.3) is 0 Å². The highest BCUT2D eigenvalue weighted by atomic mass is 32.1. The maximum absolute atomic E-state index is 5.42. The Morgan fingerprint density at radius 3 is 2.56 bits per heavy atom. The lowest BCUT2D eigenvalue weighted by atomic mass is 10.2. The van der Waals surface area contributed by atoms with Crippen LogP contribution in [0.2, 0.25) is 0 Å². The SMILES string of the molecule is CCN(CC)C(=S)CCCCc1nnnn1CC. The Balaban J connectivity index is 2.24. The number of thiocarbonyl (C=S) groups is 1. The fraction of sp³-hybridized carbons (Fsp3) is 0.833. The van der Waals surface area contributed by atoms with Crippen molar-refractivity contribution in [2.75, 3.05) is 13.1 Å². The third-order valence-corrected chi connectivity index (χ3v) is 3.53. The molecule has 1 rings (SSSR count). The van der Waals surface area contributed by atoms with Gasteiger partial charge in [-0.15, -0.1) is 5.10 Å². The summed E-state index contributed by atoms with van der Waals surface area (Å²) in [7, 11) is 0. The Labute approximate surface area is 115 Å². The molecule has 0 aliphatic rings. The summed E-state index contributed by atoms with van der Waals surface area (Å²) in [6.07, 6.45) is 4.11. The van der Waals surface area contributed by atoms with Crippen LogP contribution in [0.4, 0.5) is 0 Å². The standard InChI is InChI=1S/C12H23N5S/c1-4-16(5-2)12(18)10-8-7-9-11-13-14-15-17(11)6-3/h4-10H2,1-3H3. The summed E-state index contributed by atoms with van der Waals surface area (Å²) in [5, 5.41) is 11.6. The molecular weight excluding hydrogens is 246 g/mol. The lowest BCUT2D eigenvalue weighted by Crippen LogP contribution is -2.28. The molecule has 6 heteroatoms. The summed E-state index contributed by atoms with van der Waals surface area (Å²) < 4.78 is 1.85. The van der Waals surface area contributed by atoms with Crippen molar-refractivity contribution in [3.05, 3.63) is 5.82 Å². The Hall–Kier alpha value is -1.04. The van der Waals surface area contributed by atoms with Gasteiger partial charge in [-0.05, 0) is 50.5 Å². The van der Waals surface area contributed by atoms with E-state index in [4.69, 9.17) is 12.2 Å². The van der Waals surface area contributed by atoms with Gasteiger partial charge < -0.3 is 4.90 Å². The molecule has 0 aliphatic carbocycles. The van der Waals surface area contributed by atoms with Crippen molar-refractivity contribution in [1.29, 1.82) is 0 Å². The van der Waals surface area contributed by atoms with Crippen LogP contribution in [-0.2, 0) is 13.0 Å². The van der Waals surface area contributed by atoms with E-state index in [-0.39, 0.29) is 0 Å². The molecule has 5 nitrogen and oxygen atoms in total. The van der Waals surface area contributed by atoms with E-state index < -0.39 is 0 Å². The van der Waals surface area contributed by atoms with Gasteiger partial charge in [0.05, 0.1) is 4.99 Å². The van der Waals surface area contributed by atoms with E-state index in [9.17, 15) is 0 Å². The van der Waals surface area contributed by atoms with Crippen LogP contribution in [0, 0.1) is 0 Å². The minimum absolute atomic E-state index is 0.834. The van der Waals surface area contributed by atoms with Crippen molar-refractivity contribution in [3.63, 3.8) is 0 Å². The van der Waals surface area contributed by atoms with Crippen LogP contribution in [0.1, 0.15) is 45.9 Å². The second-order valence-electron chi connectivity index (χ2n) is 4.18. The van der Waals surface area contributed by atoms with Crippen molar-refractivity contribution < 1.29 is 0 Å². The molecule has 0 N–H and O–H groups in total. The van der Waals surface area contributed by atoms with Gasteiger partial charge in [-0.3, -0.25) is 0 Å². The Kier molecular flexibility index (Phi) is 6.78. The van der Waals surface area contributed by atoms with Gasteiger partial charge in [-0.25, -0.2) is 4.68 Å². The third-order valence-electron chi connectivity index (χ3n) is 3.06. The number of aryl methyl sites for hydroxylation is 2. The van der Waals surface area contributed by atoms with Crippen LogP contribution in [0.3, 0.4) is 0 Å². The quantitative estimate of drug-likeness (QED) is 0.534. The molecule has 0 radical (unpaired) electrons. The van der Waals surface area contributed by atoms with Gasteiger partial charge in [0.1, 0.15) is 0 Å². The summed E-state index contributed by atoms with van der Waals surface area (Å²) in [4.78, 5) is 3.32. The largest absolute Gasteiger partial charge is 0.367 e. The van der Waals surface area contributed by atoms with Crippen molar-refractivity contribution in [2.45, 2.75) is 53.0 Å². The molecule has 1 aromatic heterocycles. The van der Waals surface area contributed by atoms with Crippen molar-refractivity contribution >= 4 is 17.2 Å². The molecule has 0 aromatic carbocycles. The molecule has 0 saturated carbocycles. The van der Waals surface area contributed by atoms with Gasteiger partial charge in [-0.2, -0.15) is 0 Å². The molecule has 0 atom stereocenters. The maximum Gasteiger partial charge on any atom is 0.151 e. The Morgan fingerprint density at radius 2 is 1.94 bits per heavy atom. The van der Waals surface area contributed by atoms with E-state index in [1.807, 2.05) is 4.68 Å². The van der Waals surface area contributed by atoms with Crippen molar-refractivity contribution in [3.8, 4) is 0 Å². The van der Waals surface area contributed by atoms with Crippen LogP contribution in [-0.4, -0.2) is 43.2 Å². The molecule has 0 saturated heterocycles. The van der Waals surface area contributed by atoms with E-state index in [2.05, 4.69) is 41.2 Å². The molecular formula is C12H23N5S. The molecule has 0 aliphatic heterocycles. The summed E-state index contributed by atoms with van der Waals surface area (Å²) in [6, 6.07) is 0. The zero-order chi connectivity index (χ0) is 13.4. The fourth-order valence-corrected chi connectivity index (χ4v) is 2.34.